The molecule has 1 aliphatic rings. The molecule has 0 spiro atoms. The van der Waals surface area contributed by atoms with E-state index in [9.17, 15) is 0 Å². The monoisotopic (exact) mass is 436 g/mol. The van der Waals surface area contributed by atoms with E-state index in [2.05, 4.69) is 123 Å². The topological polar surface area (TPSA) is 46.9 Å². The summed E-state index contributed by atoms with van der Waals surface area (Å²) in [5, 5.41) is 8.73. The molecule has 5 aromatic carbocycles. The van der Waals surface area contributed by atoms with Crippen molar-refractivity contribution in [2.75, 3.05) is 10.2 Å². The number of benzene rings is 5. The average Bonchev–Trinajstić information content (AvgIpc) is 3.46. The molecule has 0 saturated carbocycles. The van der Waals surface area contributed by atoms with Gasteiger partial charge in [-0.05, 0) is 48.5 Å². The van der Waals surface area contributed by atoms with E-state index in [1.165, 1.54) is 21.5 Å². The Balaban J connectivity index is 1.49. The molecule has 3 N–H and O–H groups in total. The summed E-state index contributed by atoms with van der Waals surface area (Å²) in [6, 6.07) is 36.5. The first-order valence-corrected chi connectivity index (χ1v) is 11.6. The van der Waals surface area contributed by atoms with E-state index in [1.54, 1.807) is 0 Å². The number of hydrogen-bond acceptors (Lipinski definition) is 2. The van der Waals surface area contributed by atoms with Gasteiger partial charge in [-0.2, -0.15) is 0 Å². The summed E-state index contributed by atoms with van der Waals surface area (Å²) in [7, 11) is 0. The number of fused-ring (bicyclic) bond motifs is 10. The normalized spacial score (nSPS) is 12.9. The van der Waals surface area contributed by atoms with Crippen molar-refractivity contribution in [1.29, 1.82) is 0 Å². The lowest BCUT2D eigenvalue weighted by Gasteiger charge is -2.34. The van der Waals surface area contributed by atoms with Gasteiger partial charge < -0.3 is 20.2 Å². The molecule has 3 heterocycles. The Labute approximate surface area is 195 Å². The number of anilines is 5. The predicted octanol–water partition coefficient (Wildman–Crippen LogP) is 8.48. The summed E-state index contributed by atoms with van der Waals surface area (Å²) in [4.78, 5) is 9.76. The minimum Gasteiger partial charge on any atom is -0.353 e. The van der Waals surface area contributed by atoms with Gasteiger partial charge in [0.25, 0.3) is 0 Å². The first kappa shape index (κ1) is 17.8. The fourth-order valence-corrected chi connectivity index (χ4v) is 5.56. The van der Waals surface area contributed by atoms with Gasteiger partial charge >= 0.3 is 0 Å². The molecule has 0 bridgehead atoms. The zero-order chi connectivity index (χ0) is 22.2. The number of H-pyrrole nitrogens is 2. The second-order valence-electron chi connectivity index (χ2n) is 8.90. The largest absolute Gasteiger partial charge is 0.353 e. The van der Waals surface area contributed by atoms with Crippen LogP contribution in [-0.4, -0.2) is 9.97 Å². The van der Waals surface area contributed by atoms with Gasteiger partial charge in [0, 0.05) is 38.3 Å². The number of nitrogens with zero attached hydrogens (tertiary/aromatic N) is 1. The third-order valence-corrected chi connectivity index (χ3v) is 7.05. The minimum atomic E-state index is 1.08. The molecular weight excluding hydrogens is 416 g/mol. The van der Waals surface area contributed by atoms with E-state index in [0.29, 0.717) is 0 Å². The van der Waals surface area contributed by atoms with Crippen molar-refractivity contribution in [3.8, 4) is 0 Å². The Morgan fingerprint density at radius 2 is 1.12 bits per heavy atom. The highest BCUT2D eigenvalue weighted by atomic mass is 15.2. The molecular formula is C30H20N4. The van der Waals surface area contributed by atoms with Gasteiger partial charge in [-0.25, -0.2) is 0 Å². The van der Waals surface area contributed by atoms with E-state index in [0.717, 1.165) is 50.5 Å². The van der Waals surface area contributed by atoms with E-state index in [-0.39, 0.29) is 0 Å². The molecule has 4 heteroatoms. The average molecular weight is 437 g/mol. The van der Waals surface area contributed by atoms with Gasteiger partial charge in [-0.1, -0.05) is 54.6 Å². The molecule has 1 aliphatic heterocycles. The number of rotatable bonds is 1. The number of nitrogens with one attached hydrogen (secondary N) is 3. The van der Waals surface area contributed by atoms with Gasteiger partial charge in [0.15, 0.2) is 0 Å². The highest BCUT2D eigenvalue weighted by Crippen LogP contribution is 2.53. The zero-order valence-corrected chi connectivity index (χ0v) is 18.3. The lowest BCUT2D eigenvalue weighted by atomic mass is 10.0. The SMILES string of the molecule is c1ccc(N2c3ccc4c([nH]c5ccccc54)c3Nc3ccc4c([nH]c5ccccc54)c32)cc1. The van der Waals surface area contributed by atoms with Gasteiger partial charge in [-0.15, -0.1) is 0 Å². The highest BCUT2D eigenvalue weighted by molar-refractivity contribution is 6.21. The van der Waals surface area contributed by atoms with Crippen LogP contribution in [0.5, 0.6) is 0 Å². The van der Waals surface area contributed by atoms with Crippen LogP contribution < -0.4 is 10.2 Å². The lowest BCUT2D eigenvalue weighted by Crippen LogP contribution is -2.18. The van der Waals surface area contributed by atoms with Crippen molar-refractivity contribution in [3.63, 3.8) is 0 Å². The van der Waals surface area contributed by atoms with E-state index >= 15 is 0 Å². The van der Waals surface area contributed by atoms with Crippen LogP contribution in [0, 0.1) is 0 Å². The Morgan fingerprint density at radius 3 is 1.88 bits per heavy atom. The van der Waals surface area contributed by atoms with Gasteiger partial charge in [0.05, 0.1) is 33.8 Å². The molecule has 8 rings (SSSR count). The van der Waals surface area contributed by atoms with Crippen LogP contribution >= 0.6 is 0 Å². The predicted molar refractivity (Wildman–Crippen MR) is 143 cm³/mol. The molecule has 0 atom stereocenters. The van der Waals surface area contributed by atoms with E-state index in [4.69, 9.17) is 0 Å². The van der Waals surface area contributed by atoms with Crippen molar-refractivity contribution in [1.82, 2.24) is 9.97 Å². The fourth-order valence-electron chi connectivity index (χ4n) is 5.56. The number of aromatic amines is 2. The van der Waals surface area contributed by atoms with Crippen molar-refractivity contribution >= 4 is 72.0 Å². The molecule has 160 valence electrons. The minimum absolute atomic E-state index is 1.08. The van der Waals surface area contributed by atoms with Crippen molar-refractivity contribution in [3.05, 3.63) is 103 Å². The summed E-state index contributed by atoms with van der Waals surface area (Å²) in [5.74, 6) is 0. The van der Waals surface area contributed by atoms with E-state index in [1.807, 2.05) is 0 Å². The van der Waals surface area contributed by atoms with E-state index < -0.39 is 0 Å². The standard InChI is InChI=1S/C30H20N4/c1-2-8-18(9-3-1)34-26-17-15-21-19-10-4-6-12-23(19)31-27(21)29(26)33-25-16-14-22-20-11-5-7-13-24(20)32-28(22)30(25)34/h1-17,31-33H. The Morgan fingerprint density at radius 1 is 0.500 bits per heavy atom. The maximum Gasteiger partial charge on any atom is 0.0942 e. The summed E-state index contributed by atoms with van der Waals surface area (Å²) < 4.78 is 0. The number of para-hydroxylation sites is 3. The van der Waals surface area contributed by atoms with Crippen molar-refractivity contribution in [2.45, 2.75) is 0 Å². The molecule has 0 unspecified atom stereocenters. The Hall–Kier alpha value is -4.70. The first-order chi connectivity index (χ1) is 16.9. The van der Waals surface area contributed by atoms with Crippen LogP contribution in [0.2, 0.25) is 0 Å². The quantitative estimate of drug-likeness (QED) is 0.242. The van der Waals surface area contributed by atoms with Gasteiger partial charge in [0.1, 0.15) is 0 Å². The first-order valence-electron chi connectivity index (χ1n) is 11.6. The summed E-state index contributed by atoms with van der Waals surface area (Å²) in [5.41, 5.74) is 10.1. The number of aromatic nitrogens is 2. The van der Waals surface area contributed by atoms with Crippen LogP contribution in [0.3, 0.4) is 0 Å². The van der Waals surface area contributed by atoms with Crippen LogP contribution in [0.15, 0.2) is 103 Å². The van der Waals surface area contributed by atoms with Crippen LogP contribution in [-0.2, 0) is 0 Å². The molecule has 0 amide bonds. The molecule has 0 saturated heterocycles. The smallest absolute Gasteiger partial charge is 0.0942 e. The third kappa shape index (κ3) is 2.27. The van der Waals surface area contributed by atoms with Crippen LogP contribution in [0.25, 0.3) is 43.6 Å². The molecule has 0 fully saturated rings. The van der Waals surface area contributed by atoms with Crippen molar-refractivity contribution < 1.29 is 0 Å². The zero-order valence-electron chi connectivity index (χ0n) is 18.3. The molecule has 2 aromatic heterocycles. The highest BCUT2D eigenvalue weighted by Gasteiger charge is 2.29. The maximum atomic E-state index is 3.79. The third-order valence-electron chi connectivity index (χ3n) is 7.05. The lowest BCUT2D eigenvalue weighted by molar-refractivity contribution is 1.26. The van der Waals surface area contributed by atoms with Crippen LogP contribution in [0.4, 0.5) is 28.4 Å². The summed E-state index contributed by atoms with van der Waals surface area (Å²) in [6.07, 6.45) is 0. The second kappa shape index (κ2) is 6.42. The van der Waals surface area contributed by atoms with Crippen molar-refractivity contribution in [2.24, 2.45) is 0 Å². The second-order valence-corrected chi connectivity index (χ2v) is 8.90. The molecule has 0 radical (unpaired) electrons. The molecule has 34 heavy (non-hydrogen) atoms. The molecule has 7 aromatic rings. The maximum absolute atomic E-state index is 3.79. The summed E-state index contributed by atoms with van der Waals surface area (Å²) >= 11 is 0. The Bertz CT molecular complexity index is 1890. The van der Waals surface area contributed by atoms with Crippen LogP contribution in [0.1, 0.15) is 0 Å². The van der Waals surface area contributed by atoms with Gasteiger partial charge in [0.2, 0.25) is 0 Å². The number of hydrogen-bond donors (Lipinski definition) is 3. The molecule has 4 nitrogen and oxygen atoms in total. The van der Waals surface area contributed by atoms with Gasteiger partial charge in [-0.3, -0.25) is 0 Å². The summed E-state index contributed by atoms with van der Waals surface area (Å²) in [6.45, 7) is 0. The molecule has 0 aliphatic carbocycles. The fraction of sp³-hybridized carbons (Fsp3) is 0. The Kier molecular flexibility index (Phi) is 3.36.